The number of hydrogen-bond donors (Lipinski definition) is 0. The Morgan fingerprint density at radius 2 is 2.37 bits per heavy atom. The molecule has 1 amide bonds. The van der Waals surface area contributed by atoms with Crippen molar-refractivity contribution >= 4 is 5.91 Å². The lowest BCUT2D eigenvalue weighted by atomic mass is 10.3. The molecule has 0 aromatic carbocycles. The van der Waals surface area contributed by atoms with Crippen molar-refractivity contribution in [3.05, 3.63) is 18.0 Å². The zero-order valence-corrected chi connectivity index (χ0v) is 12.0. The van der Waals surface area contributed by atoms with Gasteiger partial charge in [-0.3, -0.25) is 9.48 Å². The van der Waals surface area contributed by atoms with Gasteiger partial charge < -0.3 is 9.64 Å². The van der Waals surface area contributed by atoms with E-state index in [9.17, 15) is 4.79 Å². The highest BCUT2D eigenvalue weighted by Gasteiger charge is 2.26. The second-order valence-electron chi connectivity index (χ2n) is 5.47. The predicted molar refractivity (Wildman–Crippen MR) is 72.8 cm³/mol. The Hall–Kier alpha value is -1.36. The summed E-state index contributed by atoms with van der Waals surface area (Å²) in [7, 11) is 0. The second-order valence-corrected chi connectivity index (χ2v) is 5.47. The van der Waals surface area contributed by atoms with Crippen LogP contribution >= 0.6 is 0 Å². The van der Waals surface area contributed by atoms with E-state index in [4.69, 9.17) is 4.74 Å². The van der Waals surface area contributed by atoms with E-state index in [1.807, 2.05) is 42.7 Å². The molecule has 1 aliphatic rings. The highest BCUT2D eigenvalue weighted by atomic mass is 16.5. The third-order valence-electron chi connectivity index (χ3n) is 3.28. The molecule has 1 aromatic rings. The van der Waals surface area contributed by atoms with Gasteiger partial charge in [-0.05, 0) is 32.8 Å². The first-order valence-corrected chi connectivity index (χ1v) is 6.97. The normalized spacial score (nSPS) is 19.4. The molecule has 106 valence electrons. The minimum atomic E-state index is 0.197. The molecule has 0 unspecified atom stereocenters. The van der Waals surface area contributed by atoms with Crippen molar-refractivity contribution in [3.63, 3.8) is 0 Å². The van der Waals surface area contributed by atoms with Gasteiger partial charge in [-0.1, -0.05) is 0 Å². The van der Waals surface area contributed by atoms with Crippen LogP contribution in [0.25, 0.3) is 0 Å². The minimum Gasteiger partial charge on any atom is -0.374 e. The van der Waals surface area contributed by atoms with E-state index in [1.54, 1.807) is 0 Å². The molecule has 1 aromatic heterocycles. The number of carbonyl (C=O) groups excluding carboxylic acids is 1. The third-order valence-corrected chi connectivity index (χ3v) is 3.28. The van der Waals surface area contributed by atoms with E-state index in [1.165, 1.54) is 0 Å². The van der Waals surface area contributed by atoms with E-state index < -0.39 is 0 Å². The number of amides is 1. The average Bonchev–Trinajstić information content (AvgIpc) is 2.95. The van der Waals surface area contributed by atoms with Crippen LogP contribution in [0.2, 0.25) is 0 Å². The lowest BCUT2D eigenvalue weighted by Gasteiger charge is -2.18. The van der Waals surface area contributed by atoms with E-state index in [2.05, 4.69) is 5.10 Å². The van der Waals surface area contributed by atoms with E-state index in [-0.39, 0.29) is 18.1 Å². The summed E-state index contributed by atoms with van der Waals surface area (Å²) in [6.45, 7) is 8.26. The zero-order valence-electron chi connectivity index (χ0n) is 12.0. The van der Waals surface area contributed by atoms with Crippen LogP contribution in [-0.2, 0) is 16.1 Å². The van der Waals surface area contributed by atoms with E-state index in [0.29, 0.717) is 13.0 Å². The molecule has 1 fully saturated rings. The molecule has 0 radical (unpaired) electrons. The molecule has 2 heterocycles. The fourth-order valence-corrected chi connectivity index (χ4v) is 2.41. The van der Waals surface area contributed by atoms with Crippen LogP contribution in [0.1, 0.15) is 32.3 Å². The number of ether oxygens (including phenoxy) is 1. The van der Waals surface area contributed by atoms with Crippen molar-refractivity contribution in [2.45, 2.75) is 52.4 Å². The van der Waals surface area contributed by atoms with Crippen LogP contribution in [-0.4, -0.2) is 45.9 Å². The Morgan fingerprint density at radius 1 is 1.58 bits per heavy atom. The van der Waals surface area contributed by atoms with Gasteiger partial charge in [0, 0.05) is 32.3 Å². The highest BCUT2D eigenvalue weighted by Crippen LogP contribution is 2.15. The van der Waals surface area contributed by atoms with Crippen molar-refractivity contribution in [2.75, 3.05) is 13.1 Å². The number of rotatable bonds is 5. The smallest absolute Gasteiger partial charge is 0.224 e. The van der Waals surface area contributed by atoms with Gasteiger partial charge in [0.15, 0.2) is 0 Å². The largest absolute Gasteiger partial charge is 0.374 e. The highest BCUT2D eigenvalue weighted by molar-refractivity contribution is 5.76. The molecule has 5 nitrogen and oxygen atoms in total. The number of carbonyl (C=O) groups is 1. The maximum Gasteiger partial charge on any atom is 0.224 e. The quantitative estimate of drug-likeness (QED) is 0.812. The van der Waals surface area contributed by atoms with E-state index in [0.717, 1.165) is 25.1 Å². The zero-order chi connectivity index (χ0) is 13.8. The minimum absolute atomic E-state index is 0.197. The predicted octanol–water partition coefficient (Wildman–Crippen LogP) is 1.61. The van der Waals surface area contributed by atoms with Crippen molar-refractivity contribution in [2.24, 2.45) is 0 Å². The number of aryl methyl sites for hydroxylation is 2. The molecular weight excluding hydrogens is 242 g/mol. The molecule has 0 saturated carbocycles. The molecule has 1 atom stereocenters. The summed E-state index contributed by atoms with van der Waals surface area (Å²) in [4.78, 5) is 14.0. The Kier molecular flexibility index (Phi) is 4.58. The SMILES string of the molecule is Cc1cnn(CCC(=O)N2CC[C@@H](OC(C)C)C2)c1. The van der Waals surface area contributed by atoms with Crippen LogP contribution in [0.5, 0.6) is 0 Å². The van der Waals surface area contributed by atoms with Gasteiger partial charge in [0.1, 0.15) is 0 Å². The lowest BCUT2D eigenvalue weighted by molar-refractivity contribution is -0.131. The fourth-order valence-electron chi connectivity index (χ4n) is 2.41. The molecule has 0 aliphatic carbocycles. The van der Waals surface area contributed by atoms with Gasteiger partial charge >= 0.3 is 0 Å². The van der Waals surface area contributed by atoms with Crippen molar-refractivity contribution < 1.29 is 9.53 Å². The van der Waals surface area contributed by atoms with Crippen LogP contribution in [0.3, 0.4) is 0 Å². The summed E-state index contributed by atoms with van der Waals surface area (Å²) >= 11 is 0. The molecular formula is C14H23N3O2. The van der Waals surface area contributed by atoms with Gasteiger partial charge in [0.25, 0.3) is 0 Å². The first kappa shape index (κ1) is 14.1. The maximum atomic E-state index is 12.1. The van der Waals surface area contributed by atoms with Gasteiger partial charge in [0.05, 0.1) is 18.4 Å². The van der Waals surface area contributed by atoms with Gasteiger partial charge in [-0.25, -0.2) is 0 Å². The van der Waals surface area contributed by atoms with Gasteiger partial charge in [-0.15, -0.1) is 0 Å². The summed E-state index contributed by atoms with van der Waals surface area (Å²) in [6, 6.07) is 0. The Balaban J connectivity index is 1.75. The van der Waals surface area contributed by atoms with Crippen molar-refractivity contribution in [3.8, 4) is 0 Å². The van der Waals surface area contributed by atoms with Crippen LogP contribution in [0.4, 0.5) is 0 Å². The van der Waals surface area contributed by atoms with Gasteiger partial charge in [-0.2, -0.15) is 5.10 Å². The topological polar surface area (TPSA) is 47.4 Å². The molecule has 5 heteroatoms. The molecule has 2 rings (SSSR count). The number of hydrogen-bond acceptors (Lipinski definition) is 3. The van der Waals surface area contributed by atoms with E-state index >= 15 is 0 Å². The first-order chi connectivity index (χ1) is 9.04. The van der Waals surface area contributed by atoms with Crippen LogP contribution in [0.15, 0.2) is 12.4 Å². The van der Waals surface area contributed by atoms with Crippen LogP contribution < -0.4 is 0 Å². The molecule has 19 heavy (non-hydrogen) atoms. The fraction of sp³-hybridized carbons (Fsp3) is 0.714. The standard InChI is InChI=1S/C14H23N3O2/c1-11(2)19-13-4-6-16(10-13)14(18)5-7-17-9-12(3)8-15-17/h8-9,11,13H,4-7,10H2,1-3H3/t13-/m1/s1. The summed E-state index contributed by atoms with van der Waals surface area (Å²) in [5.74, 6) is 0.197. The summed E-state index contributed by atoms with van der Waals surface area (Å²) in [6.07, 6.45) is 5.66. The number of aromatic nitrogens is 2. The monoisotopic (exact) mass is 265 g/mol. The summed E-state index contributed by atoms with van der Waals surface area (Å²) in [5.41, 5.74) is 1.12. The molecule has 0 N–H and O–H groups in total. The first-order valence-electron chi connectivity index (χ1n) is 6.97. The molecule has 1 saturated heterocycles. The molecule has 1 aliphatic heterocycles. The van der Waals surface area contributed by atoms with Crippen LogP contribution in [0, 0.1) is 6.92 Å². The Bertz CT molecular complexity index is 428. The number of likely N-dealkylation sites (tertiary alicyclic amines) is 1. The maximum absolute atomic E-state index is 12.1. The Morgan fingerprint density at radius 3 is 3.00 bits per heavy atom. The van der Waals surface area contributed by atoms with Gasteiger partial charge in [0.2, 0.25) is 5.91 Å². The average molecular weight is 265 g/mol. The second kappa shape index (κ2) is 6.19. The summed E-state index contributed by atoms with van der Waals surface area (Å²) in [5, 5.41) is 4.19. The van der Waals surface area contributed by atoms with Crippen molar-refractivity contribution in [1.82, 2.24) is 14.7 Å². The summed E-state index contributed by atoms with van der Waals surface area (Å²) < 4.78 is 7.57. The molecule has 0 bridgehead atoms. The number of nitrogens with zero attached hydrogens (tertiary/aromatic N) is 3. The molecule has 0 spiro atoms. The Labute approximate surface area is 114 Å². The lowest BCUT2D eigenvalue weighted by Crippen LogP contribution is -2.31. The third kappa shape index (κ3) is 4.06. The van der Waals surface area contributed by atoms with Crippen molar-refractivity contribution in [1.29, 1.82) is 0 Å².